The molecule has 3 nitrogen and oxygen atoms in total. The average molecular weight is 367 g/mol. The van der Waals surface area contributed by atoms with Gasteiger partial charge in [-0.05, 0) is 53.6 Å². The van der Waals surface area contributed by atoms with Gasteiger partial charge in [-0.15, -0.1) is 11.3 Å². The molecule has 26 heavy (non-hydrogen) atoms. The quantitative estimate of drug-likeness (QED) is 0.493. The van der Waals surface area contributed by atoms with Crippen LogP contribution in [0.4, 0.5) is 4.39 Å². The number of phenolic OH excluding ortho intramolecular Hbond substituents is 1. The van der Waals surface area contributed by atoms with Crippen LogP contribution in [-0.2, 0) is 6.42 Å². The first kappa shape index (κ1) is 16.8. The maximum atomic E-state index is 14.6. The summed E-state index contributed by atoms with van der Waals surface area (Å²) in [6, 6.07) is 10.2. The van der Waals surface area contributed by atoms with Crippen LogP contribution < -0.4 is 5.56 Å². The molecule has 2 N–H and O–H groups in total. The number of fused-ring (bicyclic) bond motifs is 3. The molecule has 0 saturated carbocycles. The number of phenols is 1. The van der Waals surface area contributed by atoms with Crippen molar-refractivity contribution in [2.45, 2.75) is 26.2 Å². The summed E-state index contributed by atoms with van der Waals surface area (Å²) >= 11 is 1.35. The van der Waals surface area contributed by atoms with Gasteiger partial charge in [0.1, 0.15) is 16.3 Å². The maximum absolute atomic E-state index is 14.6. The van der Waals surface area contributed by atoms with Crippen molar-refractivity contribution in [1.82, 2.24) is 4.98 Å². The fourth-order valence-electron chi connectivity index (χ4n) is 3.40. The number of pyridine rings is 1. The average Bonchev–Trinajstić information content (AvgIpc) is 3.12. The minimum absolute atomic E-state index is 0.0674. The number of aromatic hydroxyl groups is 1. The molecule has 0 radical (unpaired) electrons. The lowest BCUT2D eigenvalue weighted by Crippen LogP contribution is -2.04. The molecule has 132 valence electrons. The first-order chi connectivity index (χ1) is 12.6. The van der Waals surface area contributed by atoms with E-state index >= 15 is 0 Å². The van der Waals surface area contributed by atoms with Gasteiger partial charge in [-0.25, -0.2) is 4.39 Å². The third kappa shape index (κ3) is 2.69. The lowest BCUT2D eigenvalue weighted by atomic mass is 9.95. The molecule has 2 heterocycles. The van der Waals surface area contributed by atoms with Gasteiger partial charge in [0, 0.05) is 21.9 Å². The summed E-state index contributed by atoms with van der Waals surface area (Å²) in [5.74, 6) is -0.198. The normalized spacial score (nSPS) is 11.5. The van der Waals surface area contributed by atoms with Crippen molar-refractivity contribution in [2.24, 2.45) is 0 Å². The Morgan fingerprint density at radius 2 is 2.04 bits per heavy atom. The number of hydrogen-bond acceptors (Lipinski definition) is 3. The van der Waals surface area contributed by atoms with Crippen LogP contribution in [0.2, 0.25) is 0 Å². The number of aryl methyl sites for hydroxylation is 1. The van der Waals surface area contributed by atoms with E-state index < -0.39 is 0 Å². The van der Waals surface area contributed by atoms with E-state index in [1.807, 2.05) is 17.5 Å². The van der Waals surface area contributed by atoms with Crippen LogP contribution in [-0.4, -0.2) is 10.1 Å². The summed E-state index contributed by atoms with van der Waals surface area (Å²) in [6.07, 6.45) is 2.65. The van der Waals surface area contributed by atoms with E-state index in [9.17, 15) is 14.3 Å². The second kappa shape index (κ2) is 6.57. The Kier molecular flexibility index (Phi) is 4.24. The van der Waals surface area contributed by atoms with Crippen molar-refractivity contribution in [3.05, 3.63) is 63.5 Å². The van der Waals surface area contributed by atoms with Crippen LogP contribution in [0.15, 0.2) is 46.6 Å². The topological polar surface area (TPSA) is 53.1 Å². The Bertz CT molecular complexity index is 1180. The van der Waals surface area contributed by atoms with Gasteiger partial charge in [0.25, 0.3) is 5.56 Å². The number of hydrogen-bond donors (Lipinski definition) is 2. The number of aromatic amines is 1. The van der Waals surface area contributed by atoms with Crippen LogP contribution in [0.25, 0.3) is 32.1 Å². The summed E-state index contributed by atoms with van der Waals surface area (Å²) in [4.78, 5) is 15.1. The van der Waals surface area contributed by atoms with Crippen LogP contribution in [0, 0.1) is 5.82 Å². The molecule has 0 atom stereocenters. The third-order valence-electron chi connectivity index (χ3n) is 4.71. The molecule has 0 bridgehead atoms. The highest BCUT2D eigenvalue weighted by Crippen LogP contribution is 2.40. The van der Waals surface area contributed by atoms with Crippen molar-refractivity contribution < 1.29 is 9.50 Å². The Hall–Kier alpha value is -2.66. The predicted octanol–water partition coefficient (Wildman–Crippen LogP) is 5.60. The Morgan fingerprint density at radius 3 is 2.81 bits per heavy atom. The minimum Gasteiger partial charge on any atom is -0.507 e. The number of H-pyrrole nitrogens is 1. The third-order valence-corrected chi connectivity index (χ3v) is 5.63. The van der Waals surface area contributed by atoms with Crippen LogP contribution in [0.5, 0.6) is 5.75 Å². The molecule has 0 unspecified atom stereocenters. The van der Waals surface area contributed by atoms with Gasteiger partial charge in [-0.1, -0.05) is 25.5 Å². The van der Waals surface area contributed by atoms with Gasteiger partial charge >= 0.3 is 0 Å². The minimum atomic E-state index is -0.265. The highest BCUT2D eigenvalue weighted by Gasteiger charge is 2.16. The van der Waals surface area contributed by atoms with Crippen molar-refractivity contribution in [3.63, 3.8) is 0 Å². The van der Waals surface area contributed by atoms with Gasteiger partial charge in [0.15, 0.2) is 0 Å². The number of benzene rings is 2. The molecule has 0 spiro atoms. The number of unbranched alkanes of at least 4 members (excludes halogenated alkanes) is 1. The number of nitrogens with one attached hydrogen (secondary N) is 1. The highest BCUT2D eigenvalue weighted by molar-refractivity contribution is 7.17. The zero-order chi connectivity index (χ0) is 18.3. The summed E-state index contributed by atoms with van der Waals surface area (Å²) in [5.41, 5.74) is 2.31. The standard InChI is InChI=1S/C21H18FNO2S/c1-2-3-4-12-5-6-13(11-15(12)22)18-17(24)8-7-16-19(18)14-9-10-26-20(14)21(25)23-16/h5-11,24H,2-4H2,1H3,(H,23,25). The van der Waals surface area contributed by atoms with E-state index in [1.165, 1.54) is 23.5 Å². The molecule has 0 aliphatic heterocycles. The Labute approximate surface area is 153 Å². The fourth-order valence-corrected chi connectivity index (χ4v) is 4.20. The molecule has 4 rings (SSSR count). The largest absolute Gasteiger partial charge is 0.507 e. The molecular weight excluding hydrogens is 349 g/mol. The number of aromatic nitrogens is 1. The van der Waals surface area contributed by atoms with Crippen molar-refractivity contribution in [1.29, 1.82) is 0 Å². The van der Waals surface area contributed by atoms with Crippen LogP contribution in [0.3, 0.4) is 0 Å². The second-order valence-electron chi connectivity index (χ2n) is 6.41. The van der Waals surface area contributed by atoms with E-state index in [1.54, 1.807) is 12.1 Å². The van der Waals surface area contributed by atoms with Crippen molar-refractivity contribution in [2.75, 3.05) is 0 Å². The lowest BCUT2D eigenvalue weighted by molar-refractivity contribution is 0.478. The molecule has 2 aromatic carbocycles. The second-order valence-corrected chi connectivity index (χ2v) is 7.33. The number of thiophene rings is 1. The molecule has 4 aromatic rings. The van der Waals surface area contributed by atoms with E-state index in [0.717, 1.165) is 23.6 Å². The van der Waals surface area contributed by atoms with E-state index in [0.29, 0.717) is 33.3 Å². The monoisotopic (exact) mass is 367 g/mol. The highest BCUT2D eigenvalue weighted by atomic mass is 32.1. The summed E-state index contributed by atoms with van der Waals surface area (Å²) in [6.45, 7) is 2.08. The van der Waals surface area contributed by atoms with Crippen molar-refractivity contribution >= 4 is 32.3 Å². The Balaban J connectivity index is 1.99. The Morgan fingerprint density at radius 1 is 1.19 bits per heavy atom. The zero-order valence-corrected chi connectivity index (χ0v) is 15.1. The first-order valence-electron chi connectivity index (χ1n) is 8.64. The molecule has 0 fully saturated rings. The smallest absolute Gasteiger partial charge is 0.266 e. The lowest BCUT2D eigenvalue weighted by Gasteiger charge is -2.12. The van der Waals surface area contributed by atoms with Gasteiger partial charge in [-0.3, -0.25) is 4.79 Å². The van der Waals surface area contributed by atoms with Crippen LogP contribution >= 0.6 is 11.3 Å². The first-order valence-corrected chi connectivity index (χ1v) is 9.52. The van der Waals surface area contributed by atoms with Gasteiger partial charge in [0.2, 0.25) is 0 Å². The molecule has 2 aromatic heterocycles. The number of rotatable bonds is 4. The molecule has 0 aliphatic carbocycles. The van der Waals surface area contributed by atoms with Crippen molar-refractivity contribution in [3.8, 4) is 16.9 Å². The molecule has 0 aliphatic rings. The van der Waals surface area contributed by atoms with Gasteiger partial charge < -0.3 is 10.1 Å². The maximum Gasteiger partial charge on any atom is 0.266 e. The van der Waals surface area contributed by atoms with Gasteiger partial charge in [-0.2, -0.15) is 0 Å². The molecular formula is C21H18FNO2S. The SMILES string of the molecule is CCCCc1ccc(-c2c(O)ccc3[nH]c(=O)c4sccc4c23)cc1F. The molecule has 0 saturated heterocycles. The fraction of sp³-hybridized carbons (Fsp3) is 0.190. The summed E-state index contributed by atoms with van der Waals surface area (Å²) in [5, 5.41) is 13.9. The van der Waals surface area contributed by atoms with E-state index in [-0.39, 0.29) is 17.1 Å². The molecule has 0 amide bonds. The summed E-state index contributed by atoms with van der Waals surface area (Å²) < 4.78 is 15.2. The summed E-state index contributed by atoms with van der Waals surface area (Å²) in [7, 11) is 0. The zero-order valence-electron chi connectivity index (χ0n) is 14.3. The number of halogens is 1. The predicted molar refractivity (Wildman–Crippen MR) is 106 cm³/mol. The van der Waals surface area contributed by atoms with E-state index in [4.69, 9.17) is 0 Å². The van der Waals surface area contributed by atoms with E-state index in [2.05, 4.69) is 11.9 Å². The van der Waals surface area contributed by atoms with Gasteiger partial charge in [0.05, 0.1) is 0 Å². The molecule has 5 heteroatoms. The van der Waals surface area contributed by atoms with Crippen LogP contribution in [0.1, 0.15) is 25.3 Å².